The third kappa shape index (κ3) is 2.74. The Morgan fingerprint density at radius 3 is 2.64 bits per heavy atom. The second-order valence-corrected chi connectivity index (χ2v) is 3.70. The summed E-state index contributed by atoms with van der Waals surface area (Å²) in [4.78, 5) is 0. The first-order valence-corrected chi connectivity index (χ1v) is 5.12. The quantitative estimate of drug-likeness (QED) is 0.773. The lowest BCUT2D eigenvalue weighted by Gasteiger charge is -2.11. The van der Waals surface area contributed by atoms with Crippen LogP contribution in [0.25, 0.3) is 0 Å². The topological polar surface area (TPSA) is 40.5 Å². The summed E-state index contributed by atoms with van der Waals surface area (Å²) < 4.78 is 0. The average molecular weight is 194 g/mol. The van der Waals surface area contributed by atoms with E-state index < -0.39 is 6.10 Å². The minimum atomic E-state index is -0.443. The van der Waals surface area contributed by atoms with Crippen LogP contribution in [-0.4, -0.2) is 10.2 Å². The summed E-state index contributed by atoms with van der Waals surface area (Å²) in [6.07, 6.45) is 2.41. The molecule has 2 N–H and O–H groups in total. The normalized spacial score (nSPS) is 12.8. The van der Waals surface area contributed by atoms with Crippen molar-refractivity contribution in [3.8, 4) is 5.75 Å². The summed E-state index contributed by atoms with van der Waals surface area (Å²) in [6.45, 7) is 3.94. The van der Waals surface area contributed by atoms with E-state index in [0.717, 1.165) is 30.4 Å². The second-order valence-electron chi connectivity index (χ2n) is 3.70. The molecule has 2 heteroatoms. The molecule has 0 saturated heterocycles. The molecule has 1 rings (SSSR count). The summed E-state index contributed by atoms with van der Waals surface area (Å²) in [7, 11) is 0. The lowest BCUT2D eigenvalue weighted by Crippen LogP contribution is -1.97. The molecule has 0 aromatic heterocycles. The summed E-state index contributed by atoms with van der Waals surface area (Å²) >= 11 is 0. The van der Waals surface area contributed by atoms with Gasteiger partial charge < -0.3 is 10.2 Å². The van der Waals surface area contributed by atoms with Crippen LogP contribution in [0.3, 0.4) is 0 Å². The van der Waals surface area contributed by atoms with Gasteiger partial charge in [0, 0.05) is 0 Å². The van der Waals surface area contributed by atoms with Gasteiger partial charge in [0.25, 0.3) is 0 Å². The van der Waals surface area contributed by atoms with Gasteiger partial charge in [0.2, 0.25) is 0 Å². The van der Waals surface area contributed by atoms with Crippen molar-refractivity contribution in [1.82, 2.24) is 0 Å². The van der Waals surface area contributed by atoms with Crippen molar-refractivity contribution in [3.05, 3.63) is 29.3 Å². The van der Waals surface area contributed by atoms with Crippen LogP contribution in [0, 0.1) is 6.92 Å². The van der Waals surface area contributed by atoms with Gasteiger partial charge in [-0.05, 0) is 30.5 Å². The van der Waals surface area contributed by atoms with E-state index in [9.17, 15) is 10.2 Å². The number of phenolic OH excluding ortho intramolecular Hbond substituents is 1. The zero-order chi connectivity index (χ0) is 10.6. The molecule has 2 nitrogen and oxygen atoms in total. The van der Waals surface area contributed by atoms with E-state index in [4.69, 9.17) is 0 Å². The maximum absolute atomic E-state index is 9.76. The number of aromatic hydroxyl groups is 1. The fourth-order valence-electron chi connectivity index (χ4n) is 1.40. The molecule has 0 bridgehead atoms. The predicted molar refractivity (Wildman–Crippen MR) is 57.3 cm³/mol. The lowest BCUT2D eigenvalue weighted by atomic mass is 10.0. The Balaban J connectivity index is 2.70. The maximum atomic E-state index is 9.76. The van der Waals surface area contributed by atoms with E-state index in [1.165, 1.54) is 0 Å². The van der Waals surface area contributed by atoms with Crippen molar-refractivity contribution in [1.29, 1.82) is 0 Å². The van der Waals surface area contributed by atoms with E-state index >= 15 is 0 Å². The molecule has 0 saturated carbocycles. The SMILES string of the molecule is CCCCC(O)c1ccc(C)c(O)c1. The smallest absolute Gasteiger partial charge is 0.118 e. The van der Waals surface area contributed by atoms with Crippen LogP contribution in [-0.2, 0) is 0 Å². The van der Waals surface area contributed by atoms with E-state index in [-0.39, 0.29) is 5.75 Å². The lowest BCUT2D eigenvalue weighted by molar-refractivity contribution is 0.164. The standard InChI is InChI=1S/C12H18O2/c1-3-4-5-11(13)10-7-6-9(2)12(14)8-10/h6-8,11,13-14H,3-5H2,1-2H3. The molecule has 1 atom stereocenters. The number of hydrogen-bond donors (Lipinski definition) is 2. The van der Waals surface area contributed by atoms with Gasteiger partial charge in [0.1, 0.15) is 5.75 Å². The highest BCUT2D eigenvalue weighted by molar-refractivity contribution is 5.36. The molecule has 1 aromatic rings. The van der Waals surface area contributed by atoms with E-state index in [1.54, 1.807) is 6.07 Å². The Hall–Kier alpha value is -1.02. The van der Waals surface area contributed by atoms with Gasteiger partial charge in [-0.25, -0.2) is 0 Å². The molecule has 78 valence electrons. The summed E-state index contributed by atoms with van der Waals surface area (Å²) in [5.74, 6) is 0.262. The number of aryl methyl sites for hydroxylation is 1. The summed E-state index contributed by atoms with van der Waals surface area (Å²) in [5.41, 5.74) is 1.65. The fraction of sp³-hybridized carbons (Fsp3) is 0.500. The highest BCUT2D eigenvalue weighted by atomic mass is 16.3. The number of hydrogen-bond acceptors (Lipinski definition) is 2. The van der Waals surface area contributed by atoms with Crippen LogP contribution in [0.2, 0.25) is 0 Å². The van der Waals surface area contributed by atoms with Crippen molar-refractivity contribution in [2.75, 3.05) is 0 Å². The Morgan fingerprint density at radius 2 is 2.07 bits per heavy atom. The molecule has 14 heavy (non-hydrogen) atoms. The number of aliphatic hydroxyl groups excluding tert-OH is 1. The van der Waals surface area contributed by atoms with Crippen molar-refractivity contribution in [2.45, 2.75) is 39.2 Å². The van der Waals surface area contributed by atoms with Crippen molar-refractivity contribution in [3.63, 3.8) is 0 Å². The first kappa shape index (κ1) is 11.1. The van der Waals surface area contributed by atoms with Crippen molar-refractivity contribution >= 4 is 0 Å². The molecule has 1 aromatic carbocycles. The van der Waals surface area contributed by atoms with Crippen LogP contribution in [0.15, 0.2) is 18.2 Å². The van der Waals surface area contributed by atoms with Gasteiger partial charge >= 0.3 is 0 Å². The molecule has 0 amide bonds. The Kier molecular flexibility index (Phi) is 3.96. The highest BCUT2D eigenvalue weighted by Crippen LogP contribution is 2.24. The molecule has 0 aliphatic rings. The molecule has 0 spiro atoms. The largest absolute Gasteiger partial charge is 0.508 e. The van der Waals surface area contributed by atoms with Crippen LogP contribution in [0.5, 0.6) is 5.75 Å². The Bertz CT molecular complexity index is 294. The number of benzene rings is 1. The molecule has 1 unspecified atom stereocenters. The third-order valence-electron chi connectivity index (χ3n) is 2.45. The highest BCUT2D eigenvalue weighted by Gasteiger charge is 2.08. The molecular formula is C12H18O2. The van der Waals surface area contributed by atoms with E-state index in [2.05, 4.69) is 6.92 Å². The molecule has 0 heterocycles. The zero-order valence-electron chi connectivity index (χ0n) is 8.83. The van der Waals surface area contributed by atoms with E-state index in [1.807, 2.05) is 19.1 Å². The van der Waals surface area contributed by atoms with Crippen LogP contribution < -0.4 is 0 Å². The predicted octanol–water partition coefficient (Wildman–Crippen LogP) is 2.92. The number of phenols is 1. The Labute approximate surface area is 85.2 Å². The maximum Gasteiger partial charge on any atom is 0.118 e. The minimum Gasteiger partial charge on any atom is -0.508 e. The number of rotatable bonds is 4. The van der Waals surface area contributed by atoms with Gasteiger partial charge in [-0.2, -0.15) is 0 Å². The average Bonchev–Trinajstić information content (AvgIpc) is 2.18. The number of unbranched alkanes of at least 4 members (excludes halogenated alkanes) is 1. The van der Waals surface area contributed by atoms with Gasteiger partial charge in [-0.3, -0.25) is 0 Å². The fourth-order valence-corrected chi connectivity index (χ4v) is 1.40. The first-order chi connectivity index (χ1) is 6.65. The van der Waals surface area contributed by atoms with Gasteiger partial charge in [0.05, 0.1) is 6.10 Å². The summed E-state index contributed by atoms with van der Waals surface area (Å²) in [6, 6.07) is 5.35. The van der Waals surface area contributed by atoms with Crippen LogP contribution in [0.1, 0.15) is 43.4 Å². The first-order valence-electron chi connectivity index (χ1n) is 5.12. The molecule has 0 aliphatic heterocycles. The second kappa shape index (κ2) is 5.01. The monoisotopic (exact) mass is 194 g/mol. The zero-order valence-corrected chi connectivity index (χ0v) is 8.83. The van der Waals surface area contributed by atoms with Crippen LogP contribution in [0.4, 0.5) is 0 Å². The number of aliphatic hydroxyl groups is 1. The van der Waals surface area contributed by atoms with Crippen molar-refractivity contribution < 1.29 is 10.2 Å². The van der Waals surface area contributed by atoms with Gasteiger partial charge in [-0.15, -0.1) is 0 Å². The van der Waals surface area contributed by atoms with Gasteiger partial charge in [-0.1, -0.05) is 31.9 Å². The minimum absolute atomic E-state index is 0.262. The van der Waals surface area contributed by atoms with E-state index in [0.29, 0.717) is 0 Å². The van der Waals surface area contributed by atoms with Gasteiger partial charge in [0.15, 0.2) is 0 Å². The molecular weight excluding hydrogens is 176 g/mol. The third-order valence-corrected chi connectivity index (χ3v) is 2.45. The molecule has 0 aliphatic carbocycles. The molecule has 0 fully saturated rings. The Morgan fingerprint density at radius 1 is 1.36 bits per heavy atom. The molecule has 0 radical (unpaired) electrons. The summed E-state index contributed by atoms with van der Waals surface area (Å²) in [5, 5.41) is 19.2. The van der Waals surface area contributed by atoms with Crippen LogP contribution >= 0.6 is 0 Å². The van der Waals surface area contributed by atoms with Crippen molar-refractivity contribution in [2.24, 2.45) is 0 Å².